The van der Waals surface area contributed by atoms with Crippen LogP contribution in [0.25, 0.3) is 0 Å². The molecule has 1 saturated heterocycles. The monoisotopic (exact) mass is 196 g/mol. The highest BCUT2D eigenvalue weighted by Crippen LogP contribution is 2.41. The summed E-state index contributed by atoms with van der Waals surface area (Å²) in [7, 11) is 3.86. The Morgan fingerprint density at radius 1 is 1.36 bits per heavy atom. The lowest BCUT2D eigenvalue weighted by molar-refractivity contribution is 0.00494. The fourth-order valence-corrected chi connectivity index (χ4v) is 3.24. The van der Waals surface area contributed by atoms with Gasteiger partial charge in [-0.05, 0) is 12.8 Å². The van der Waals surface area contributed by atoms with Crippen LogP contribution in [0.5, 0.6) is 0 Å². The van der Waals surface area contributed by atoms with E-state index in [1.54, 1.807) is 0 Å². The van der Waals surface area contributed by atoms with Crippen LogP contribution in [0.1, 0.15) is 32.6 Å². The second kappa shape index (κ2) is 3.14. The molecule has 0 aromatic heterocycles. The zero-order valence-electron chi connectivity index (χ0n) is 9.42. The van der Waals surface area contributed by atoms with Crippen LogP contribution in [-0.4, -0.2) is 42.5 Å². The predicted octanol–water partition coefficient (Wildman–Crippen LogP) is 1.93. The lowest BCUT2D eigenvalue weighted by atomic mass is 9.70. The molecule has 2 rings (SSSR count). The van der Waals surface area contributed by atoms with Gasteiger partial charge in [-0.2, -0.15) is 0 Å². The van der Waals surface area contributed by atoms with E-state index in [1.807, 2.05) is 23.9 Å². The topological polar surface area (TPSA) is 23.6 Å². The SMILES string of the molecule is CN1CC2(C)CCCCC2N(C)C1=O. The molecule has 0 aromatic rings. The van der Waals surface area contributed by atoms with E-state index in [9.17, 15) is 4.79 Å². The minimum absolute atomic E-state index is 0.189. The molecule has 1 saturated carbocycles. The van der Waals surface area contributed by atoms with Gasteiger partial charge in [-0.15, -0.1) is 0 Å². The Hall–Kier alpha value is -0.730. The highest BCUT2D eigenvalue weighted by molar-refractivity contribution is 5.75. The summed E-state index contributed by atoms with van der Waals surface area (Å²) in [5, 5.41) is 0. The summed E-state index contributed by atoms with van der Waals surface area (Å²) < 4.78 is 0. The van der Waals surface area contributed by atoms with Gasteiger partial charge in [0, 0.05) is 32.1 Å². The van der Waals surface area contributed by atoms with E-state index in [4.69, 9.17) is 0 Å². The summed E-state index contributed by atoms with van der Waals surface area (Å²) in [5.74, 6) is 0. The Balaban J connectivity index is 2.24. The minimum atomic E-state index is 0.189. The van der Waals surface area contributed by atoms with Crippen molar-refractivity contribution in [1.29, 1.82) is 0 Å². The van der Waals surface area contributed by atoms with Gasteiger partial charge in [-0.3, -0.25) is 0 Å². The molecular formula is C11H20N2O. The number of hydrogen-bond donors (Lipinski definition) is 0. The third-order valence-electron chi connectivity index (χ3n) is 3.97. The van der Waals surface area contributed by atoms with E-state index in [2.05, 4.69) is 6.92 Å². The van der Waals surface area contributed by atoms with Gasteiger partial charge < -0.3 is 9.80 Å². The number of carbonyl (C=O) groups excluding carboxylic acids is 1. The van der Waals surface area contributed by atoms with Crippen LogP contribution in [0, 0.1) is 5.41 Å². The van der Waals surface area contributed by atoms with Gasteiger partial charge in [-0.1, -0.05) is 19.8 Å². The molecule has 2 aliphatic rings. The number of amides is 2. The van der Waals surface area contributed by atoms with Crippen molar-refractivity contribution in [2.24, 2.45) is 5.41 Å². The van der Waals surface area contributed by atoms with Gasteiger partial charge in [-0.25, -0.2) is 4.79 Å². The molecule has 2 fully saturated rings. The van der Waals surface area contributed by atoms with Crippen LogP contribution >= 0.6 is 0 Å². The van der Waals surface area contributed by atoms with Crippen LogP contribution in [0.3, 0.4) is 0 Å². The summed E-state index contributed by atoms with van der Waals surface area (Å²) in [6, 6.07) is 0.661. The molecule has 0 bridgehead atoms. The lowest BCUT2D eigenvalue weighted by Crippen LogP contribution is -2.61. The van der Waals surface area contributed by atoms with Crippen LogP contribution < -0.4 is 0 Å². The highest BCUT2D eigenvalue weighted by Gasteiger charge is 2.45. The normalized spacial score (nSPS) is 38.5. The van der Waals surface area contributed by atoms with Gasteiger partial charge in [0.15, 0.2) is 0 Å². The molecule has 1 aliphatic carbocycles. The quantitative estimate of drug-likeness (QED) is 0.580. The molecule has 1 heterocycles. The minimum Gasteiger partial charge on any atom is -0.327 e. The third kappa shape index (κ3) is 1.30. The fourth-order valence-electron chi connectivity index (χ4n) is 3.24. The number of carbonyl (C=O) groups is 1. The molecule has 2 amide bonds. The molecule has 14 heavy (non-hydrogen) atoms. The van der Waals surface area contributed by atoms with Crippen molar-refractivity contribution >= 4 is 6.03 Å². The van der Waals surface area contributed by atoms with Gasteiger partial charge in [0.1, 0.15) is 0 Å². The van der Waals surface area contributed by atoms with Gasteiger partial charge in [0.2, 0.25) is 0 Å². The standard InChI is InChI=1S/C11H20N2O/c1-11-7-5-4-6-9(11)13(3)10(14)12(2)8-11/h9H,4-8H2,1-3H3. The van der Waals surface area contributed by atoms with Crippen LogP contribution in [-0.2, 0) is 0 Å². The van der Waals surface area contributed by atoms with E-state index in [1.165, 1.54) is 25.7 Å². The van der Waals surface area contributed by atoms with E-state index >= 15 is 0 Å². The molecule has 1 aliphatic heterocycles. The molecule has 2 atom stereocenters. The number of rotatable bonds is 0. The summed E-state index contributed by atoms with van der Waals surface area (Å²) in [4.78, 5) is 15.6. The smallest absolute Gasteiger partial charge is 0.319 e. The largest absolute Gasteiger partial charge is 0.327 e. The Bertz CT molecular complexity index is 254. The van der Waals surface area contributed by atoms with Crippen LogP contribution in [0.15, 0.2) is 0 Å². The Morgan fingerprint density at radius 2 is 2.07 bits per heavy atom. The number of hydrogen-bond acceptors (Lipinski definition) is 1. The Morgan fingerprint density at radius 3 is 2.79 bits per heavy atom. The average Bonchev–Trinajstić information content (AvgIpc) is 2.14. The Labute approximate surface area is 86.1 Å². The summed E-state index contributed by atoms with van der Waals surface area (Å²) in [6.07, 6.45) is 5.05. The number of urea groups is 1. The van der Waals surface area contributed by atoms with Crippen molar-refractivity contribution in [3.8, 4) is 0 Å². The van der Waals surface area contributed by atoms with E-state index in [0.717, 1.165) is 6.54 Å². The first-order chi connectivity index (χ1) is 6.54. The number of nitrogens with zero attached hydrogens (tertiary/aromatic N) is 2. The van der Waals surface area contributed by atoms with Crippen molar-refractivity contribution < 1.29 is 4.79 Å². The van der Waals surface area contributed by atoms with Crippen LogP contribution in [0.4, 0.5) is 4.79 Å². The second-order valence-electron chi connectivity index (χ2n) is 5.17. The lowest BCUT2D eigenvalue weighted by Gasteiger charge is -2.52. The maximum Gasteiger partial charge on any atom is 0.319 e. The maximum absolute atomic E-state index is 11.8. The van der Waals surface area contributed by atoms with Crippen molar-refractivity contribution in [3.63, 3.8) is 0 Å². The average molecular weight is 196 g/mol. The van der Waals surface area contributed by atoms with E-state index in [0.29, 0.717) is 11.5 Å². The van der Waals surface area contributed by atoms with E-state index in [-0.39, 0.29) is 6.03 Å². The predicted molar refractivity (Wildman–Crippen MR) is 56.2 cm³/mol. The summed E-state index contributed by atoms with van der Waals surface area (Å²) in [6.45, 7) is 3.26. The highest BCUT2D eigenvalue weighted by atomic mass is 16.2. The molecule has 80 valence electrons. The van der Waals surface area contributed by atoms with Crippen molar-refractivity contribution in [1.82, 2.24) is 9.80 Å². The third-order valence-corrected chi connectivity index (χ3v) is 3.97. The van der Waals surface area contributed by atoms with Crippen LogP contribution in [0.2, 0.25) is 0 Å². The first kappa shape index (κ1) is 9.81. The van der Waals surface area contributed by atoms with Crippen molar-refractivity contribution in [2.45, 2.75) is 38.6 Å². The van der Waals surface area contributed by atoms with Crippen molar-refractivity contribution in [2.75, 3.05) is 20.6 Å². The van der Waals surface area contributed by atoms with Crippen molar-refractivity contribution in [3.05, 3.63) is 0 Å². The first-order valence-corrected chi connectivity index (χ1v) is 5.52. The number of fused-ring (bicyclic) bond motifs is 1. The van der Waals surface area contributed by atoms with Gasteiger partial charge >= 0.3 is 6.03 Å². The second-order valence-corrected chi connectivity index (χ2v) is 5.17. The van der Waals surface area contributed by atoms with Gasteiger partial charge in [0.05, 0.1) is 0 Å². The molecule has 0 N–H and O–H groups in total. The van der Waals surface area contributed by atoms with Gasteiger partial charge in [0.25, 0.3) is 0 Å². The van der Waals surface area contributed by atoms with E-state index < -0.39 is 0 Å². The maximum atomic E-state index is 11.8. The molecule has 0 spiro atoms. The zero-order chi connectivity index (χ0) is 10.3. The molecule has 0 radical (unpaired) electrons. The molecular weight excluding hydrogens is 176 g/mol. The molecule has 3 nitrogen and oxygen atoms in total. The first-order valence-electron chi connectivity index (χ1n) is 5.52. The molecule has 3 heteroatoms. The molecule has 2 unspecified atom stereocenters. The fraction of sp³-hybridized carbons (Fsp3) is 0.909. The Kier molecular flexibility index (Phi) is 2.20. The summed E-state index contributed by atoms with van der Waals surface area (Å²) in [5.41, 5.74) is 0.329. The molecule has 0 aromatic carbocycles. The zero-order valence-corrected chi connectivity index (χ0v) is 9.42. The summed E-state index contributed by atoms with van der Waals surface area (Å²) >= 11 is 0.